The summed E-state index contributed by atoms with van der Waals surface area (Å²) in [5.74, 6) is -5.64. The second-order valence-corrected chi connectivity index (χ2v) is 5.67. The van der Waals surface area contributed by atoms with Gasteiger partial charge in [-0.1, -0.05) is 26.0 Å². The van der Waals surface area contributed by atoms with Gasteiger partial charge in [0, 0.05) is 5.92 Å². The monoisotopic (exact) mass is 278 g/mol. The van der Waals surface area contributed by atoms with Crippen LogP contribution in [0.3, 0.4) is 0 Å². The Labute approximate surface area is 115 Å². The third-order valence-electron chi connectivity index (χ3n) is 4.55. The molecule has 0 amide bonds. The molecule has 0 bridgehead atoms. The Morgan fingerprint density at radius 2 is 1.30 bits per heavy atom. The summed E-state index contributed by atoms with van der Waals surface area (Å²) in [4.78, 5) is 47.0. The zero-order chi connectivity index (χ0) is 14.6. The molecule has 0 saturated carbocycles. The van der Waals surface area contributed by atoms with Crippen molar-refractivity contribution >= 4 is 23.9 Å². The number of allylic oxidation sites excluding steroid dienone is 2. The van der Waals surface area contributed by atoms with Crippen molar-refractivity contribution in [2.75, 3.05) is 0 Å². The van der Waals surface area contributed by atoms with Crippen LogP contribution in [0.4, 0.5) is 0 Å². The van der Waals surface area contributed by atoms with Crippen molar-refractivity contribution in [2.45, 2.75) is 13.8 Å². The van der Waals surface area contributed by atoms with Crippen molar-refractivity contribution in [3.8, 4) is 0 Å². The number of hydrogen-bond acceptors (Lipinski definition) is 6. The topological polar surface area (TPSA) is 86.7 Å². The fraction of sp³-hybridized carbons (Fsp3) is 0.571. The minimum absolute atomic E-state index is 0.126. The van der Waals surface area contributed by atoms with E-state index in [0.29, 0.717) is 0 Å². The van der Waals surface area contributed by atoms with Crippen LogP contribution in [-0.2, 0) is 28.7 Å². The Morgan fingerprint density at radius 1 is 0.750 bits per heavy atom. The number of rotatable bonds is 1. The molecule has 2 aliphatic heterocycles. The van der Waals surface area contributed by atoms with Crippen LogP contribution < -0.4 is 0 Å². The molecule has 3 rings (SSSR count). The highest BCUT2D eigenvalue weighted by Gasteiger charge is 2.57. The largest absolute Gasteiger partial charge is 0.393 e. The van der Waals surface area contributed by atoms with E-state index in [2.05, 4.69) is 4.74 Å². The third-order valence-corrected chi connectivity index (χ3v) is 4.55. The zero-order valence-electron chi connectivity index (χ0n) is 11.1. The highest BCUT2D eigenvalue weighted by molar-refractivity contribution is 6.00. The van der Waals surface area contributed by atoms with Gasteiger partial charge >= 0.3 is 23.9 Å². The molecule has 6 unspecified atom stereocenters. The zero-order valence-corrected chi connectivity index (χ0v) is 11.1. The normalized spacial score (nSPS) is 43.5. The van der Waals surface area contributed by atoms with Crippen molar-refractivity contribution in [1.82, 2.24) is 0 Å². The fourth-order valence-electron chi connectivity index (χ4n) is 3.45. The molecule has 0 aromatic carbocycles. The van der Waals surface area contributed by atoms with Crippen LogP contribution in [0.15, 0.2) is 12.2 Å². The number of carbonyl (C=O) groups excluding carboxylic acids is 4. The first kappa shape index (κ1) is 13.0. The van der Waals surface area contributed by atoms with E-state index in [9.17, 15) is 19.2 Å². The molecule has 2 heterocycles. The summed E-state index contributed by atoms with van der Waals surface area (Å²) >= 11 is 0. The predicted molar refractivity (Wildman–Crippen MR) is 63.6 cm³/mol. The van der Waals surface area contributed by atoms with Crippen LogP contribution >= 0.6 is 0 Å². The van der Waals surface area contributed by atoms with Crippen molar-refractivity contribution in [3.05, 3.63) is 12.2 Å². The lowest BCUT2D eigenvalue weighted by Gasteiger charge is -2.31. The first-order valence-electron chi connectivity index (χ1n) is 6.61. The number of ether oxygens (including phenoxy) is 2. The lowest BCUT2D eigenvalue weighted by atomic mass is 9.66. The van der Waals surface area contributed by atoms with Gasteiger partial charge in [-0.05, 0) is 5.92 Å². The highest BCUT2D eigenvalue weighted by Crippen LogP contribution is 2.46. The van der Waals surface area contributed by atoms with Gasteiger partial charge in [-0.25, -0.2) is 0 Å². The van der Waals surface area contributed by atoms with E-state index < -0.39 is 53.5 Å². The van der Waals surface area contributed by atoms with Gasteiger partial charge in [0.15, 0.2) is 0 Å². The van der Waals surface area contributed by atoms with Gasteiger partial charge < -0.3 is 9.47 Å². The first-order valence-corrected chi connectivity index (χ1v) is 6.61. The van der Waals surface area contributed by atoms with E-state index >= 15 is 0 Å². The molecule has 3 aliphatic rings. The molecular formula is C14H14O6. The van der Waals surface area contributed by atoms with E-state index in [4.69, 9.17) is 4.74 Å². The Balaban J connectivity index is 1.99. The second kappa shape index (κ2) is 4.26. The molecule has 1 aliphatic carbocycles. The lowest BCUT2D eigenvalue weighted by molar-refractivity contribution is -0.155. The molecule has 6 heteroatoms. The van der Waals surface area contributed by atoms with Gasteiger partial charge in [0.1, 0.15) is 0 Å². The molecule has 20 heavy (non-hydrogen) atoms. The van der Waals surface area contributed by atoms with Crippen molar-refractivity contribution < 1.29 is 28.7 Å². The minimum atomic E-state index is -0.725. The summed E-state index contributed by atoms with van der Waals surface area (Å²) in [6.07, 6.45) is 3.54. The molecule has 6 nitrogen and oxygen atoms in total. The Bertz CT molecular complexity index is 548. The van der Waals surface area contributed by atoms with Gasteiger partial charge in [0.25, 0.3) is 0 Å². The smallest absolute Gasteiger partial charge is 0.318 e. The third kappa shape index (κ3) is 1.63. The van der Waals surface area contributed by atoms with Crippen molar-refractivity contribution in [1.29, 1.82) is 0 Å². The maximum atomic E-state index is 11.9. The molecule has 2 saturated heterocycles. The molecule has 0 aromatic rings. The number of hydrogen-bond donors (Lipinski definition) is 0. The van der Waals surface area contributed by atoms with Crippen LogP contribution in [0, 0.1) is 35.5 Å². The van der Waals surface area contributed by atoms with Crippen molar-refractivity contribution in [3.63, 3.8) is 0 Å². The Morgan fingerprint density at radius 3 is 1.90 bits per heavy atom. The van der Waals surface area contributed by atoms with Gasteiger partial charge in [0.05, 0.1) is 23.7 Å². The SMILES string of the molecule is CC1C=CC(C2C(=O)OC(=O)C2C)C2C(=O)OC(=O)C12. The quantitative estimate of drug-likeness (QED) is 0.393. The molecular weight excluding hydrogens is 264 g/mol. The predicted octanol–water partition coefficient (Wildman–Crippen LogP) is 0.460. The summed E-state index contributed by atoms with van der Waals surface area (Å²) < 4.78 is 9.34. The van der Waals surface area contributed by atoms with Gasteiger partial charge in [0.2, 0.25) is 0 Å². The summed E-state index contributed by atoms with van der Waals surface area (Å²) in [7, 11) is 0. The second-order valence-electron chi connectivity index (χ2n) is 5.67. The molecule has 0 spiro atoms. The number of esters is 4. The number of fused-ring (bicyclic) bond motifs is 1. The summed E-state index contributed by atoms with van der Waals surface area (Å²) in [6.45, 7) is 3.42. The molecule has 0 N–H and O–H groups in total. The van der Waals surface area contributed by atoms with Crippen LogP contribution in [0.2, 0.25) is 0 Å². The Kier molecular flexibility index (Phi) is 2.77. The summed E-state index contributed by atoms with van der Waals surface area (Å²) in [5, 5.41) is 0. The van der Waals surface area contributed by atoms with E-state index in [0.717, 1.165) is 0 Å². The number of carbonyl (C=O) groups is 4. The van der Waals surface area contributed by atoms with Crippen molar-refractivity contribution in [2.24, 2.45) is 35.5 Å². The maximum absolute atomic E-state index is 11.9. The standard InChI is InChI=1S/C14H14O6/c1-5-3-4-7(9-6(2)11(15)19-13(9)17)10-8(5)12(16)20-14(10)18/h3-10H,1-2H3. The first-order chi connectivity index (χ1) is 9.41. The van der Waals surface area contributed by atoms with E-state index in [1.807, 2.05) is 6.92 Å². The number of cyclic esters (lactones) is 4. The lowest BCUT2D eigenvalue weighted by Crippen LogP contribution is -2.39. The molecule has 0 radical (unpaired) electrons. The minimum Gasteiger partial charge on any atom is -0.393 e. The van der Waals surface area contributed by atoms with Crippen LogP contribution in [0.5, 0.6) is 0 Å². The van der Waals surface area contributed by atoms with E-state index in [1.54, 1.807) is 19.1 Å². The summed E-state index contributed by atoms with van der Waals surface area (Å²) in [6, 6.07) is 0. The summed E-state index contributed by atoms with van der Waals surface area (Å²) in [5.41, 5.74) is 0. The van der Waals surface area contributed by atoms with Gasteiger partial charge in [-0.2, -0.15) is 0 Å². The molecule has 2 fully saturated rings. The van der Waals surface area contributed by atoms with E-state index in [1.165, 1.54) is 0 Å². The van der Waals surface area contributed by atoms with Gasteiger partial charge in [-0.15, -0.1) is 0 Å². The molecule has 6 atom stereocenters. The average molecular weight is 278 g/mol. The molecule has 0 aromatic heterocycles. The maximum Gasteiger partial charge on any atom is 0.318 e. The van der Waals surface area contributed by atoms with Crippen LogP contribution in [-0.4, -0.2) is 23.9 Å². The highest BCUT2D eigenvalue weighted by atomic mass is 16.6. The van der Waals surface area contributed by atoms with Crippen LogP contribution in [0.1, 0.15) is 13.8 Å². The Hall–Kier alpha value is -1.98. The fourth-order valence-corrected chi connectivity index (χ4v) is 3.45. The van der Waals surface area contributed by atoms with E-state index in [-0.39, 0.29) is 5.92 Å². The average Bonchev–Trinajstić information content (AvgIpc) is 2.80. The molecule has 106 valence electrons. The van der Waals surface area contributed by atoms with Gasteiger partial charge in [-0.3, -0.25) is 19.2 Å². The van der Waals surface area contributed by atoms with Crippen LogP contribution in [0.25, 0.3) is 0 Å².